The molecule has 0 saturated heterocycles. The summed E-state index contributed by atoms with van der Waals surface area (Å²) in [6.45, 7) is 3.18. The number of hydrogen-bond donors (Lipinski definition) is 0. The molecule has 11 heteroatoms. The first-order valence-corrected chi connectivity index (χ1v) is 9.32. The van der Waals surface area contributed by atoms with E-state index in [-0.39, 0.29) is 20.4 Å². The zero-order chi connectivity index (χ0) is 17.9. The summed E-state index contributed by atoms with van der Waals surface area (Å²) in [4.78, 5) is 8.49. The number of halogens is 2. The van der Waals surface area contributed by atoms with Gasteiger partial charge in [-0.3, -0.25) is 0 Å². The van der Waals surface area contributed by atoms with E-state index in [9.17, 15) is 8.42 Å². The predicted octanol–water partition coefficient (Wildman–Crippen LogP) is 2.53. The molecule has 8 nitrogen and oxygen atoms in total. The summed E-state index contributed by atoms with van der Waals surface area (Å²) in [5.41, 5.74) is 1.34. The fourth-order valence-electron chi connectivity index (χ4n) is 2.71. The molecule has 4 heterocycles. The minimum atomic E-state index is -4.04. The molecule has 4 rings (SSSR count). The Morgan fingerprint density at radius 3 is 1.60 bits per heavy atom. The van der Waals surface area contributed by atoms with Crippen LogP contribution in [0.5, 0.6) is 0 Å². The highest BCUT2D eigenvalue weighted by Gasteiger charge is 2.32. The molecule has 0 unspecified atom stereocenters. The number of rotatable bonds is 2. The van der Waals surface area contributed by atoms with Crippen LogP contribution in [0.25, 0.3) is 11.3 Å². The molecule has 0 bridgehead atoms. The fraction of sp³-hybridized carbons (Fsp3) is 0.143. The summed E-state index contributed by atoms with van der Waals surface area (Å²) in [7, 11) is -4.04. The highest BCUT2D eigenvalue weighted by atomic mass is 35.5. The quantitative estimate of drug-likeness (QED) is 0.516. The first-order valence-electron chi connectivity index (χ1n) is 7.08. The van der Waals surface area contributed by atoms with Gasteiger partial charge in [0.15, 0.2) is 21.3 Å². The zero-order valence-electron chi connectivity index (χ0n) is 13.0. The second-order valence-electron chi connectivity index (χ2n) is 5.36. The molecule has 25 heavy (non-hydrogen) atoms. The minimum absolute atomic E-state index is 0.0864. The van der Waals surface area contributed by atoms with Gasteiger partial charge < -0.3 is 0 Å². The van der Waals surface area contributed by atoms with Crippen molar-refractivity contribution in [1.29, 1.82) is 0 Å². The van der Waals surface area contributed by atoms with E-state index < -0.39 is 9.84 Å². The molecule has 0 radical (unpaired) electrons. The first kappa shape index (κ1) is 16.2. The monoisotopic (exact) mass is 396 g/mol. The molecule has 4 aromatic rings. The molecule has 0 N–H and O–H groups in total. The molecule has 0 fully saturated rings. The second-order valence-corrected chi connectivity index (χ2v) is 7.92. The van der Waals surface area contributed by atoms with Gasteiger partial charge in [-0.2, -0.15) is 10.2 Å². The SMILES string of the molecule is Cc1nc2ccc(Cl)nn2c1S(=O)(=O)c1c(C)nc2ccc(Cl)nn12. The summed E-state index contributed by atoms with van der Waals surface area (Å²) in [6.07, 6.45) is 0. The number of imidazole rings is 2. The number of hydrogen-bond acceptors (Lipinski definition) is 6. The van der Waals surface area contributed by atoms with Crippen molar-refractivity contribution in [3.63, 3.8) is 0 Å². The van der Waals surface area contributed by atoms with Crippen LogP contribution in [0.4, 0.5) is 0 Å². The van der Waals surface area contributed by atoms with Crippen LogP contribution in [0.3, 0.4) is 0 Å². The fourth-order valence-corrected chi connectivity index (χ4v) is 4.76. The van der Waals surface area contributed by atoms with Crippen LogP contribution < -0.4 is 0 Å². The Balaban J connectivity index is 2.10. The van der Waals surface area contributed by atoms with Crippen LogP contribution >= 0.6 is 23.2 Å². The van der Waals surface area contributed by atoms with Crippen molar-refractivity contribution in [3.8, 4) is 0 Å². The maximum Gasteiger partial charge on any atom is 0.245 e. The third kappa shape index (κ3) is 2.38. The third-order valence-electron chi connectivity index (χ3n) is 3.64. The van der Waals surface area contributed by atoms with Gasteiger partial charge in [-0.15, -0.1) is 0 Å². The number of aromatic nitrogens is 6. The molecule has 4 aromatic heterocycles. The molecule has 128 valence electrons. The Bertz CT molecular complexity index is 1170. The zero-order valence-corrected chi connectivity index (χ0v) is 15.3. The van der Waals surface area contributed by atoms with Crippen molar-refractivity contribution >= 4 is 44.3 Å². The maximum absolute atomic E-state index is 13.4. The highest BCUT2D eigenvalue weighted by molar-refractivity contribution is 7.91. The lowest BCUT2D eigenvalue weighted by Gasteiger charge is -2.06. The van der Waals surface area contributed by atoms with Crippen molar-refractivity contribution in [2.45, 2.75) is 23.9 Å². The predicted molar refractivity (Wildman–Crippen MR) is 90.9 cm³/mol. The number of aryl methyl sites for hydroxylation is 2. The van der Waals surface area contributed by atoms with Crippen molar-refractivity contribution < 1.29 is 8.42 Å². The largest absolute Gasteiger partial charge is 0.245 e. The van der Waals surface area contributed by atoms with Crippen LogP contribution in [-0.4, -0.2) is 37.6 Å². The third-order valence-corrected chi connectivity index (χ3v) is 6.00. The Hall–Kier alpha value is -2.23. The standard InChI is InChI=1S/C14H10Cl2N6O2S/c1-7-13(21-11(17-7)5-3-9(15)19-21)25(23,24)14-8(2)18-12-6-4-10(16)20-22(12)14/h3-6H,1-2H3. The summed E-state index contributed by atoms with van der Waals surface area (Å²) < 4.78 is 29.1. The van der Waals surface area contributed by atoms with Gasteiger partial charge in [-0.05, 0) is 38.1 Å². The van der Waals surface area contributed by atoms with E-state index >= 15 is 0 Å². The first-order chi connectivity index (χ1) is 11.8. The Morgan fingerprint density at radius 2 is 1.20 bits per heavy atom. The Kier molecular flexibility index (Phi) is 3.50. The van der Waals surface area contributed by atoms with Crippen LogP contribution in [0.15, 0.2) is 34.3 Å². The van der Waals surface area contributed by atoms with Gasteiger partial charge in [0.2, 0.25) is 9.84 Å². The van der Waals surface area contributed by atoms with Crippen molar-refractivity contribution in [3.05, 3.63) is 46.0 Å². The van der Waals surface area contributed by atoms with Crippen LogP contribution in [0.2, 0.25) is 10.3 Å². The van der Waals surface area contributed by atoms with Gasteiger partial charge in [0.1, 0.15) is 10.3 Å². The van der Waals surface area contributed by atoms with Crippen molar-refractivity contribution in [2.75, 3.05) is 0 Å². The van der Waals surface area contributed by atoms with E-state index in [1.807, 2.05) is 0 Å². The Labute approximate surface area is 152 Å². The summed E-state index contributed by atoms with van der Waals surface area (Å²) >= 11 is 11.8. The van der Waals surface area contributed by atoms with E-state index in [0.717, 1.165) is 0 Å². The van der Waals surface area contributed by atoms with Gasteiger partial charge in [0.05, 0.1) is 11.4 Å². The van der Waals surface area contributed by atoms with Crippen molar-refractivity contribution in [1.82, 2.24) is 29.2 Å². The Morgan fingerprint density at radius 1 is 0.800 bits per heavy atom. The molecule has 0 aromatic carbocycles. The molecular weight excluding hydrogens is 387 g/mol. The maximum atomic E-state index is 13.4. The average molecular weight is 397 g/mol. The highest BCUT2D eigenvalue weighted by Crippen LogP contribution is 2.28. The van der Waals surface area contributed by atoms with E-state index in [0.29, 0.717) is 22.7 Å². The molecule has 0 atom stereocenters. The molecule has 0 aliphatic heterocycles. The normalized spacial score (nSPS) is 12.3. The summed E-state index contributed by atoms with van der Waals surface area (Å²) in [6, 6.07) is 6.27. The molecule has 0 amide bonds. The lowest BCUT2D eigenvalue weighted by Crippen LogP contribution is -2.13. The lowest BCUT2D eigenvalue weighted by molar-refractivity contribution is 0.578. The topological polar surface area (TPSA) is 94.5 Å². The molecule has 0 aliphatic rings. The smallest absolute Gasteiger partial charge is 0.231 e. The van der Waals surface area contributed by atoms with Crippen LogP contribution in [-0.2, 0) is 9.84 Å². The lowest BCUT2D eigenvalue weighted by atomic mass is 10.5. The van der Waals surface area contributed by atoms with Gasteiger partial charge in [-0.25, -0.2) is 27.4 Å². The number of nitrogens with zero attached hydrogens (tertiary/aromatic N) is 6. The number of fused-ring (bicyclic) bond motifs is 2. The van der Waals surface area contributed by atoms with E-state index in [2.05, 4.69) is 20.2 Å². The second kappa shape index (κ2) is 5.38. The summed E-state index contributed by atoms with van der Waals surface area (Å²) in [5.74, 6) is 0. The average Bonchev–Trinajstić information content (AvgIpc) is 3.02. The van der Waals surface area contributed by atoms with Crippen molar-refractivity contribution in [2.24, 2.45) is 0 Å². The minimum Gasteiger partial charge on any atom is -0.231 e. The van der Waals surface area contributed by atoms with Gasteiger partial charge >= 0.3 is 0 Å². The van der Waals surface area contributed by atoms with Gasteiger partial charge in [-0.1, -0.05) is 23.2 Å². The molecule has 0 aliphatic carbocycles. The van der Waals surface area contributed by atoms with E-state index in [4.69, 9.17) is 23.2 Å². The van der Waals surface area contributed by atoms with Gasteiger partial charge in [0.25, 0.3) is 0 Å². The van der Waals surface area contributed by atoms with E-state index in [1.165, 1.54) is 9.03 Å². The van der Waals surface area contributed by atoms with Crippen LogP contribution in [0, 0.1) is 13.8 Å². The van der Waals surface area contributed by atoms with E-state index in [1.54, 1.807) is 38.1 Å². The summed E-state index contributed by atoms with van der Waals surface area (Å²) in [5, 5.41) is 8.26. The molecule has 0 spiro atoms. The van der Waals surface area contributed by atoms with Gasteiger partial charge in [0, 0.05) is 0 Å². The molecular formula is C14H10Cl2N6O2S. The van der Waals surface area contributed by atoms with Crippen LogP contribution in [0.1, 0.15) is 11.4 Å². The number of sulfone groups is 1. The molecule has 0 saturated carbocycles.